The normalized spacial score (nSPS) is 23.0. The van der Waals surface area contributed by atoms with E-state index in [9.17, 15) is 49.7 Å². The summed E-state index contributed by atoms with van der Waals surface area (Å²) in [6.45, 7) is 2.85. The fraction of sp³-hybridized carbons (Fsp3) is 0.633. The minimum Gasteiger partial charge on any atom is -0.462 e. The zero-order chi connectivity index (χ0) is 47.3. The highest BCUT2D eigenvalue weighted by molar-refractivity contribution is 7.47. The van der Waals surface area contributed by atoms with Crippen LogP contribution in [0.25, 0.3) is 0 Å². The van der Waals surface area contributed by atoms with E-state index in [-0.39, 0.29) is 12.8 Å². The number of ether oxygens (including phenoxy) is 2. The molecule has 7 N–H and O–H groups in total. The summed E-state index contributed by atoms with van der Waals surface area (Å²) < 4.78 is 33.4. The lowest BCUT2D eigenvalue weighted by molar-refractivity contribution is -0.220. The Balaban J connectivity index is 2.56. The van der Waals surface area contributed by atoms with Crippen LogP contribution in [0.5, 0.6) is 0 Å². The van der Waals surface area contributed by atoms with Gasteiger partial charge in [-0.25, -0.2) is 4.57 Å². The van der Waals surface area contributed by atoms with Crippen LogP contribution < -0.4 is 0 Å². The maximum absolute atomic E-state index is 12.8. The smallest absolute Gasteiger partial charge is 0.462 e. The fourth-order valence-electron chi connectivity index (χ4n) is 6.17. The summed E-state index contributed by atoms with van der Waals surface area (Å²) in [5.41, 5.74) is 0. The number of aliphatic hydroxyl groups excluding tert-OH is 6. The van der Waals surface area contributed by atoms with Crippen molar-refractivity contribution in [2.75, 3.05) is 13.2 Å². The van der Waals surface area contributed by atoms with Gasteiger partial charge in [-0.2, -0.15) is 0 Å². The molecule has 64 heavy (non-hydrogen) atoms. The summed E-state index contributed by atoms with van der Waals surface area (Å²) in [4.78, 5) is 35.7. The van der Waals surface area contributed by atoms with Gasteiger partial charge in [-0.15, -0.1) is 0 Å². The number of hydrogen-bond donors (Lipinski definition) is 7. The molecule has 1 aliphatic rings. The number of phosphoric ester groups is 1. The van der Waals surface area contributed by atoms with E-state index in [0.717, 1.165) is 38.5 Å². The van der Waals surface area contributed by atoms with Gasteiger partial charge in [0.15, 0.2) is 6.10 Å². The van der Waals surface area contributed by atoms with Crippen molar-refractivity contribution in [3.05, 3.63) is 97.2 Å². The van der Waals surface area contributed by atoms with Gasteiger partial charge >= 0.3 is 19.8 Å². The van der Waals surface area contributed by atoms with Crippen molar-refractivity contribution in [1.29, 1.82) is 0 Å². The van der Waals surface area contributed by atoms with Gasteiger partial charge in [0.1, 0.15) is 43.2 Å². The van der Waals surface area contributed by atoms with E-state index in [1.165, 1.54) is 38.5 Å². The van der Waals surface area contributed by atoms with Crippen LogP contribution >= 0.6 is 7.82 Å². The summed E-state index contributed by atoms with van der Waals surface area (Å²) in [5.74, 6) is -1.26. The molecular weight excluding hydrogens is 843 g/mol. The number of carbonyl (C=O) groups excluding carboxylic acids is 2. The molecule has 3 unspecified atom stereocenters. The quantitative estimate of drug-likeness (QED) is 0.0104. The molecular formula is C49H79O14P. The molecule has 1 rings (SSSR count). The number of carbonyl (C=O) groups is 2. The Morgan fingerprint density at radius 1 is 0.562 bits per heavy atom. The lowest BCUT2D eigenvalue weighted by Crippen LogP contribution is -2.64. The number of esters is 2. The largest absolute Gasteiger partial charge is 0.472 e. The van der Waals surface area contributed by atoms with Crippen LogP contribution in [-0.4, -0.2) is 110 Å². The van der Waals surface area contributed by atoms with Crippen LogP contribution in [0.2, 0.25) is 0 Å². The highest BCUT2D eigenvalue weighted by atomic mass is 31.2. The van der Waals surface area contributed by atoms with Crippen LogP contribution in [0, 0.1) is 0 Å². The second kappa shape index (κ2) is 37.9. The molecule has 0 bridgehead atoms. The highest BCUT2D eigenvalue weighted by Crippen LogP contribution is 2.47. The molecule has 0 aromatic heterocycles. The Morgan fingerprint density at radius 3 is 1.55 bits per heavy atom. The first-order chi connectivity index (χ1) is 30.8. The number of aliphatic hydroxyl groups is 6. The average Bonchev–Trinajstić information content (AvgIpc) is 3.28. The molecule has 0 aromatic carbocycles. The third-order valence-electron chi connectivity index (χ3n) is 10.1. The summed E-state index contributed by atoms with van der Waals surface area (Å²) in [7, 11) is -5.16. The Labute approximate surface area is 382 Å². The van der Waals surface area contributed by atoms with E-state index in [1.54, 1.807) is 6.08 Å². The predicted molar refractivity (Wildman–Crippen MR) is 250 cm³/mol. The zero-order valence-corrected chi connectivity index (χ0v) is 39.0. The van der Waals surface area contributed by atoms with Gasteiger partial charge in [-0.1, -0.05) is 143 Å². The molecule has 15 heteroatoms. The number of hydrogen-bond acceptors (Lipinski definition) is 13. The van der Waals surface area contributed by atoms with Crippen molar-refractivity contribution in [2.45, 2.75) is 185 Å². The molecule has 0 aliphatic heterocycles. The van der Waals surface area contributed by atoms with E-state index >= 15 is 0 Å². The first-order valence-electron chi connectivity index (χ1n) is 23.1. The van der Waals surface area contributed by atoms with Crippen LogP contribution in [0.15, 0.2) is 97.2 Å². The molecule has 1 aliphatic carbocycles. The molecule has 0 aromatic rings. The Hall–Kier alpha value is -3.27. The molecule has 0 amide bonds. The molecule has 14 nitrogen and oxygen atoms in total. The molecule has 0 spiro atoms. The number of allylic oxidation sites excluding steroid dienone is 15. The van der Waals surface area contributed by atoms with Crippen molar-refractivity contribution in [1.82, 2.24) is 0 Å². The summed E-state index contributed by atoms with van der Waals surface area (Å²) in [6, 6.07) is 0. The minimum atomic E-state index is -5.16. The highest BCUT2D eigenvalue weighted by Gasteiger charge is 2.51. The number of rotatable bonds is 36. The van der Waals surface area contributed by atoms with E-state index in [0.29, 0.717) is 32.1 Å². The minimum absolute atomic E-state index is 0.0000124. The second-order valence-corrected chi connectivity index (χ2v) is 17.1. The van der Waals surface area contributed by atoms with Gasteiger partial charge in [0, 0.05) is 12.8 Å². The molecule has 0 radical (unpaired) electrons. The lowest BCUT2D eigenvalue weighted by atomic mass is 9.85. The van der Waals surface area contributed by atoms with Crippen LogP contribution in [0.4, 0.5) is 0 Å². The van der Waals surface area contributed by atoms with Gasteiger partial charge < -0.3 is 45.0 Å². The van der Waals surface area contributed by atoms with E-state index in [2.05, 4.69) is 49.5 Å². The summed E-state index contributed by atoms with van der Waals surface area (Å²) >= 11 is 0. The number of phosphoric acid groups is 1. The summed E-state index contributed by atoms with van der Waals surface area (Å²) in [6.07, 6.45) is 34.2. The SMILES string of the molecule is CCCCCCCC/C=C\C/C=C\C/C=C\CCCC(=O)O[C@H](COC(=O)CCC/C=C\C/C=C\C/C=C\C/C=C\C=C\[C@@H](O)CC)COP(=O)(O)OC1[C@H](O)[C@H](O)C(O)[C@H](O)[C@H]1O. The maximum Gasteiger partial charge on any atom is 0.472 e. The van der Waals surface area contributed by atoms with Crippen molar-refractivity contribution < 1.29 is 68.2 Å². The van der Waals surface area contributed by atoms with Gasteiger partial charge in [0.25, 0.3) is 0 Å². The summed E-state index contributed by atoms with van der Waals surface area (Å²) in [5, 5.41) is 59.6. The van der Waals surface area contributed by atoms with Crippen molar-refractivity contribution >= 4 is 19.8 Å². The van der Waals surface area contributed by atoms with E-state index < -0.39 is 81.8 Å². The predicted octanol–water partition coefficient (Wildman–Crippen LogP) is 8.02. The van der Waals surface area contributed by atoms with Gasteiger partial charge in [-0.3, -0.25) is 18.6 Å². The standard InChI is InChI=1S/C49H79O14P/c1-3-5-6-7-8-9-10-11-12-13-14-19-22-25-28-31-34-37-43(52)62-41(39-61-64(58,59)63-49-47(56)45(54)44(53)46(55)48(49)57)38-60-42(51)36-33-30-27-24-21-18-16-15-17-20-23-26-29-32-35-40(50)4-2/h11-12,14,16-20,24-29,32,35,40-41,44-50,53-57H,3-10,13,15,21-23,30-31,33-34,36-39H2,1-2H3,(H,58,59)/b12-11-,18-16-,19-14-,20-17-,27-24-,28-25-,29-26-,35-32+/t40-,41+,44?,45-,46+,47+,48+,49?/m0/s1. The van der Waals surface area contributed by atoms with Crippen molar-refractivity contribution in [3.63, 3.8) is 0 Å². The van der Waals surface area contributed by atoms with Crippen LogP contribution in [0.3, 0.4) is 0 Å². The third-order valence-corrected chi connectivity index (χ3v) is 11.1. The van der Waals surface area contributed by atoms with Crippen LogP contribution in [0.1, 0.15) is 136 Å². The Morgan fingerprint density at radius 2 is 1.02 bits per heavy atom. The lowest BCUT2D eigenvalue weighted by Gasteiger charge is -2.41. The molecule has 1 fully saturated rings. The fourth-order valence-corrected chi connectivity index (χ4v) is 7.14. The van der Waals surface area contributed by atoms with Gasteiger partial charge in [0.2, 0.25) is 0 Å². The van der Waals surface area contributed by atoms with Crippen LogP contribution in [-0.2, 0) is 32.7 Å². The number of unbranched alkanes of at least 4 members (excludes halogenated alkanes) is 8. The molecule has 9 atom stereocenters. The average molecular weight is 923 g/mol. The van der Waals surface area contributed by atoms with E-state index in [4.69, 9.17) is 18.5 Å². The third kappa shape index (κ3) is 30.0. The monoisotopic (exact) mass is 923 g/mol. The molecule has 1 saturated carbocycles. The zero-order valence-electron chi connectivity index (χ0n) is 38.1. The first kappa shape index (κ1) is 58.7. The maximum atomic E-state index is 12.8. The molecule has 0 saturated heterocycles. The molecule has 364 valence electrons. The van der Waals surface area contributed by atoms with Gasteiger partial charge in [-0.05, 0) is 77.0 Å². The van der Waals surface area contributed by atoms with Gasteiger partial charge in [0.05, 0.1) is 12.7 Å². The van der Waals surface area contributed by atoms with E-state index in [1.807, 2.05) is 55.5 Å². The topological polar surface area (TPSA) is 230 Å². The first-order valence-corrected chi connectivity index (χ1v) is 24.6. The Bertz CT molecular complexity index is 1500. The molecule has 0 heterocycles. The Kier molecular flexibility index (Phi) is 34.8. The van der Waals surface area contributed by atoms with Crippen molar-refractivity contribution in [2.24, 2.45) is 0 Å². The van der Waals surface area contributed by atoms with Crippen molar-refractivity contribution in [3.8, 4) is 0 Å². The second-order valence-electron chi connectivity index (χ2n) is 15.7.